The Morgan fingerprint density at radius 1 is 1.19 bits per heavy atom. The minimum Gasteiger partial charge on any atom is -0.493 e. The molecule has 6 heteroatoms. The van der Waals surface area contributed by atoms with Crippen molar-refractivity contribution in [1.82, 2.24) is 5.32 Å². The Morgan fingerprint density at radius 3 is 2.48 bits per heavy atom. The molecule has 0 aliphatic carbocycles. The third-order valence-electron chi connectivity index (χ3n) is 2.71. The number of ether oxygens (including phenoxy) is 3. The van der Waals surface area contributed by atoms with Crippen molar-refractivity contribution >= 4 is 11.9 Å². The first-order valence-corrected chi connectivity index (χ1v) is 6.81. The van der Waals surface area contributed by atoms with Crippen LogP contribution in [0.15, 0.2) is 18.2 Å². The van der Waals surface area contributed by atoms with Gasteiger partial charge in [0.15, 0.2) is 11.5 Å². The van der Waals surface area contributed by atoms with Crippen LogP contribution in [0.25, 0.3) is 0 Å². The Morgan fingerprint density at radius 2 is 1.90 bits per heavy atom. The van der Waals surface area contributed by atoms with Gasteiger partial charge in [-0.25, -0.2) is 4.79 Å². The second-order valence-electron chi connectivity index (χ2n) is 4.25. The fraction of sp³-hybridized carbons (Fsp3) is 0.467. The van der Waals surface area contributed by atoms with Crippen molar-refractivity contribution in [3.63, 3.8) is 0 Å². The van der Waals surface area contributed by atoms with Crippen molar-refractivity contribution < 1.29 is 23.8 Å². The van der Waals surface area contributed by atoms with Gasteiger partial charge in [-0.3, -0.25) is 4.79 Å². The largest absolute Gasteiger partial charge is 0.493 e. The summed E-state index contributed by atoms with van der Waals surface area (Å²) in [7, 11) is 1.50. The minimum atomic E-state index is -0.713. The number of amides is 1. The zero-order valence-electron chi connectivity index (χ0n) is 12.8. The van der Waals surface area contributed by atoms with Gasteiger partial charge in [-0.15, -0.1) is 0 Å². The lowest BCUT2D eigenvalue weighted by molar-refractivity contribution is -0.144. The van der Waals surface area contributed by atoms with E-state index in [1.54, 1.807) is 32.0 Å². The lowest BCUT2D eigenvalue weighted by atomic mass is 10.1. The maximum atomic E-state index is 12.1. The van der Waals surface area contributed by atoms with Crippen LogP contribution in [0.1, 0.15) is 31.1 Å². The van der Waals surface area contributed by atoms with E-state index >= 15 is 0 Å². The molecule has 21 heavy (non-hydrogen) atoms. The summed E-state index contributed by atoms with van der Waals surface area (Å²) >= 11 is 0. The molecule has 0 saturated carbocycles. The van der Waals surface area contributed by atoms with E-state index in [4.69, 9.17) is 14.2 Å². The lowest BCUT2D eigenvalue weighted by Crippen LogP contribution is -2.39. The van der Waals surface area contributed by atoms with E-state index in [1.807, 2.05) is 6.92 Å². The molecule has 116 valence electrons. The second kappa shape index (κ2) is 8.14. The summed E-state index contributed by atoms with van der Waals surface area (Å²) in [6.45, 7) is 5.92. The van der Waals surface area contributed by atoms with Gasteiger partial charge >= 0.3 is 5.97 Å². The molecule has 1 unspecified atom stereocenters. The van der Waals surface area contributed by atoms with E-state index in [0.717, 1.165) is 0 Å². The number of carbonyl (C=O) groups is 2. The van der Waals surface area contributed by atoms with E-state index in [1.165, 1.54) is 7.11 Å². The molecule has 6 nitrogen and oxygen atoms in total. The van der Waals surface area contributed by atoms with Crippen LogP contribution in [0.3, 0.4) is 0 Å². The second-order valence-corrected chi connectivity index (χ2v) is 4.25. The minimum absolute atomic E-state index is 0.274. The lowest BCUT2D eigenvalue weighted by Gasteiger charge is -2.14. The molecule has 0 bridgehead atoms. The molecule has 1 rings (SSSR count). The van der Waals surface area contributed by atoms with Crippen molar-refractivity contribution in [3.05, 3.63) is 23.8 Å². The molecule has 0 aliphatic heterocycles. The number of benzene rings is 1. The van der Waals surface area contributed by atoms with Crippen LogP contribution >= 0.6 is 0 Å². The van der Waals surface area contributed by atoms with Gasteiger partial charge < -0.3 is 19.5 Å². The van der Waals surface area contributed by atoms with Gasteiger partial charge in [0.2, 0.25) is 0 Å². The Bertz CT molecular complexity index is 501. The predicted octanol–water partition coefficient (Wildman–Crippen LogP) is 1.78. The van der Waals surface area contributed by atoms with Gasteiger partial charge in [0.05, 0.1) is 20.3 Å². The average Bonchev–Trinajstić information content (AvgIpc) is 2.48. The fourth-order valence-electron chi connectivity index (χ4n) is 1.69. The van der Waals surface area contributed by atoms with Crippen LogP contribution in [-0.4, -0.2) is 38.2 Å². The highest BCUT2D eigenvalue weighted by atomic mass is 16.5. The maximum Gasteiger partial charge on any atom is 0.328 e. The van der Waals surface area contributed by atoms with Crippen LogP contribution in [0, 0.1) is 0 Å². The third kappa shape index (κ3) is 4.66. The summed E-state index contributed by atoms with van der Waals surface area (Å²) in [5.74, 6) is 0.184. The topological polar surface area (TPSA) is 73.9 Å². The highest BCUT2D eigenvalue weighted by Gasteiger charge is 2.18. The zero-order chi connectivity index (χ0) is 15.8. The number of rotatable bonds is 7. The van der Waals surface area contributed by atoms with Crippen LogP contribution in [0.4, 0.5) is 0 Å². The number of hydrogen-bond donors (Lipinski definition) is 1. The van der Waals surface area contributed by atoms with E-state index in [2.05, 4.69) is 5.32 Å². The highest BCUT2D eigenvalue weighted by molar-refractivity contribution is 5.97. The monoisotopic (exact) mass is 295 g/mol. The maximum absolute atomic E-state index is 12.1. The summed E-state index contributed by atoms with van der Waals surface area (Å²) < 4.78 is 15.4. The van der Waals surface area contributed by atoms with Crippen molar-refractivity contribution in [2.45, 2.75) is 26.8 Å². The van der Waals surface area contributed by atoms with Crippen LogP contribution in [0.2, 0.25) is 0 Å². The van der Waals surface area contributed by atoms with E-state index in [-0.39, 0.29) is 12.5 Å². The molecular weight excluding hydrogens is 274 g/mol. The van der Waals surface area contributed by atoms with Gasteiger partial charge in [-0.1, -0.05) is 0 Å². The Labute approximate surface area is 124 Å². The molecule has 0 heterocycles. The van der Waals surface area contributed by atoms with E-state index < -0.39 is 12.0 Å². The molecular formula is C15H21NO5. The SMILES string of the molecule is CCOC(=O)C(C)NC(=O)c1ccc(OCC)c(OC)c1. The number of esters is 1. The summed E-state index contributed by atoms with van der Waals surface area (Å²) in [6.07, 6.45) is 0. The average molecular weight is 295 g/mol. The van der Waals surface area contributed by atoms with Crippen LogP contribution in [-0.2, 0) is 9.53 Å². The predicted molar refractivity (Wildman–Crippen MR) is 77.7 cm³/mol. The summed E-state index contributed by atoms with van der Waals surface area (Å²) in [5, 5.41) is 2.57. The molecule has 0 radical (unpaired) electrons. The summed E-state index contributed by atoms with van der Waals surface area (Å²) in [5.41, 5.74) is 0.381. The Hall–Kier alpha value is -2.24. The number of nitrogens with one attached hydrogen (secondary N) is 1. The van der Waals surface area contributed by atoms with Crippen molar-refractivity contribution in [3.8, 4) is 11.5 Å². The first kappa shape index (κ1) is 16.8. The molecule has 1 aromatic rings. The van der Waals surface area contributed by atoms with Crippen LogP contribution < -0.4 is 14.8 Å². The third-order valence-corrected chi connectivity index (χ3v) is 2.71. The van der Waals surface area contributed by atoms with E-state index in [0.29, 0.717) is 23.7 Å². The molecule has 0 aliphatic rings. The molecule has 1 aromatic carbocycles. The first-order valence-electron chi connectivity index (χ1n) is 6.81. The van der Waals surface area contributed by atoms with Gasteiger partial charge in [-0.2, -0.15) is 0 Å². The van der Waals surface area contributed by atoms with Crippen molar-refractivity contribution in [2.24, 2.45) is 0 Å². The van der Waals surface area contributed by atoms with Crippen molar-refractivity contribution in [1.29, 1.82) is 0 Å². The van der Waals surface area contributed by atoms with Crippen LogP contribution in [0.5, 0.6) is 11.5 Å². The van der Waals surface area contributed by atoms with Gasteiger partial charge in [-0.05, 0) is 39.0 Å². The summed E-state index contributed by atoms with van der Waals surface area (Å²) in [4.78, 5) is 23.6. The molecule has 1 atom stereocenters. The number of methoxy groups -OCH3 is 1. The fourth-order valence-corrected chi connectivity index (χ4v) is 1.69. The first-order chi connectivity index (χ1) is 10.0. The van der Waals surface area contributed by atoms with Crippen molar-refractivity contribution in [2.75, 3.05) is 20.3 Å². The molecule has 1 N–H and O–H groups in total. The smallest absolute Gasteiger partial charge is 0.328 e. The normalized spacial score (nSPS) is 11.4. The van der Waals surface area contributed by atoms with Gasteiger partial charge in [0.25, 0.3) is 5.91 Å². The molecule has 0 fully saturated rings. The molecule has 0 spiro atoms. The number of hydrogen-bond acceptors (Lipinski definition) is 5. The van der Waals surface area contributed by atoms with E-state index in [9.17, 15) is 9.59 Å². The molecule has 0 saturated heterocycles. The highest BCUT2D eigenvalue weighted by Crippen LogP contribution is 2.27. The standard InChI is InChI=1S/C15H21NO5/c1-5-20-12-8-7-11(9-13(12)19-4)14(17)16-10(3)15(18)21-6-2/h7-10H,5-6H2,1-4H3,(H,16,17). The Kier molecular flexibility index (Phi) is 6.52. The Balaban J connectivity index is 2.81. The number of carbonyl (C=O) groups excluding carboxylic acids is 2. The molecule has 1 amide bonds. The quantitative estimate of drug-likeness (QED) is 0.776. The summed E-state index contributed by atoms with van der Waals surface area (Å²) in [6, 6.07) is 4.13. The zero-order valence-corrected chi connectivity index (χ0v) is 12.8. The van der Waals surface area contributed by atoms with Gasteiger partial charge in [0.1, 0.15) is 6.04 Å². The molecule has 0 aromatic heterocycles. The van der Waals surface area contributed by atoms with Gasteiger partial charge in [0, 0.05) is 5.56 Å².